The minimum absolute atomic E-state index is 0.0679. The summed E-state index contributed by atoms with van der Waals surface area (Å²) in [5, 5.41) is 0.904. The third-order valence-electron chi connectivity index (χ3n) is 6.07. The van der Waals surface area contributed by atoms with E-state index in [1.165, 1.54) is 0 Å². The fourth-order valence-corrected chi connectivity index (χ4v) is 4.19. The molecule has 1 amide bonds. The maximum atomic E-state index is 13.3. The molecule has 1 aliphatic rings. The van der Waals surface area contributed by atoms with Crippen molar-refractivity contribution in [1.29, 1.82) is 0 Å². The van der Waals surface area contributed by atoms with Crippen LogP contribution in [0.1, 0.15) is 16.3 Å². The first kappa shape index (κ1) is 22.7. The van der Waals surface area contributed by atoms with Gasteiger partial charge >= 0.3 is 0 Å². The van der Waals surface area contributed by atoms with Gasteiger partial charge in [-0.2, -0.15) is 9.97 Å². The third-order valence-corrected chi connectivity index (χ3v) is 6.07. The Bertz CT molecular complexity index is 1320. The standard InChI is InChI=1S/C26H26N6O3/c1-34-23-14-24(35-2)30-22(29-23)17-31-10-12-32(13-11-31)26(33)21-9-8-19-15-27-16-20(25(19)28-21)18-6-4-3-5-7-18/h3-9,14-16H,10-13,17H2,1-2H3. The lowest BCUT2D eigenvalue weighted by molar-refractivity contribution is 0.0620. The molecular weight excluding hydrogens is 444 g/mol. The lowest BCUT2D eigenvalue weighted by Crippen LogP contribution is -2.48. The zero-order valence-corrected chi connectivity index (χ0v) is 19.7. The van der Waals surface area contributed by atoms with Gasteiger partial charge in [-0.05, 0) is 17.7 Å². The number of fused-ring (bicyclic) bond motifs is 1. The number of carbonyl (C=O) groups is 1. The van der Waals surface area contributed by atoms with Crippen LogP contribution in [0.2, 0.25) is 0 Å². The van der Waals surface area contributed by atoms with E-state index in [1.807, 2.05) is 41.3 Å². The van der Waals surface area contributed by atoms with Crippen molar-refractivity contribution in [3.8, 4) is 22.9 Å². The monoisotopic (exact) mass is 470 g/mol. The van der Waals surface area contributed by atoms with Crippen molar-refractivity contribution in [2.24, 2.45) is 0 Å². The molecule has 9 heteroatoms. The summed E-state index contributed by atoms with van der Waals surface area (Å²) in [4.78, 5) is 35.3. The van der Waals surface area contributed by atoms with E-state index in [0.717, 1.165) is 22.0 Å². The summed E-state index contributed by atoms with van der Waals surface area (Å²) in [6.07, 6.45) is 3.57. The van der Waals surface area contributed by atoms with Gasteiger partial charge in [-0.25, -0.2) is 4.98 Å². The Kier molecular flexibility index (Phi) is 6.49. The molecule has 0 spiro atoms. The highest BCUT2D eigenvalue weighted by atomic mass is 16.5. The van der Waals surface area contributed by atoms with Gasteiger partial charge in [0.15, 0.2) is 0 Å². The second kappa shape index (κ2) is 10.0. The Hall–Kier alpha value is -4.11. The lowest BCUT2D eigenvalue weighted by atomic mass is 10.0. The number of ether oxygens (including phenoxy) is 2. The fourth-order valence-electron chi connectivity index (χ4n) is 4.19. The number of carbonyl (C=O) groups excluding carboxylic acids is 1. The van der Waals surface area contributed by atoms with Crippen LogP contribution in [0, 0.1) is 0 Å². The van der Waals surface area contributed by atoms with Crippen molar-refractivity contribution >= 4 is 16.8 Å². The smallest absolute Gasteiger partial charge is 0.272 e. The van der Waals surface area contributed by atoms with Gasteiger partial charge in [-0.3, -0.25) is 14.7 Å². The van der Waals surface area contributed by atoms with E-state index in [9.17, 15) is 4.79 Å². The number of methoxy groups -OCH3 is 2. The van der Waals surface area contributed by atoms with Crippen molar-refractivity contribution in [3.63, 3.8) is 0 Å². The Labute approximate surface area is 203 Å². The molecule has 3 aromatic heterocycles. The van der Waals surface area contributed by atoms with Gasteiger partial charge in [0.25, 0.3) is 5.91 Å². The minimum atomic E-state index is -0.0679. The van der Waals surface area contributed by atoms with Crippen molar-refractivity contribution < 1.29 is 14.3 Å². The molecule has 35 heavy (non-hydrogen) atoms. The molecule has 178 valence electrons. The van der Waals surface area contributed by atoms with Crippen LogP contribution in [0.3, 0.4) is 0 Å². The van der Waals surface area contributed by atoms with Crippen molar-refractivity contribution in [2.45, 2.75) is 6.54 Å². The average Bonchev–Trinajstić information content (AvgIpc) is 2.92. The Morgan fingerprint density at radius 3 is 2.29 bits per heavy atom. The Balaban J connectivity index is 1.29. The van der Waals surface area contributed by atoms with Crippen LogP contribution < -0.4 is 9.47 Å². The summed E-state index contributed by atoms with van der Waals surface area (Å²) < 4.78 is 10.5. The molecule has 0 radical (unpaired) electrons. The largest absolute Gasteiger partial charge is 0.481 e. The summed E-state index contributed by atoms with van der Waals surface area (Å²) in [7, 11) is 3.13. The molecule has 0 atom stereocenters. The lowest BCUT2D eigenvalue weighted by Gasteiger charge is -2.34. The van der Waals surface area contributed by atoms with Gasteiger partial charge < -0.3 is 14.4 Å². The molecule has 1 fully saturated rings. The maximum absolute atomic E-state index is 13.3. The van der Waals surface area contributed by atoms with Gasteiger partial charge in [-0.15, -0.1) is 0 Å². The van der Waals surface area contributed by atoms with Crippen molar-refractivity contribution in [2.75, 3.05) is 40.4 Å². The molecule has 4 aromatic rings. The highest BCUT2D eigenvalue weighted by Crippen LogP contribution is 2.26. The van der Waals surface area contributed by atoms with Crippen LogP contribution in [-0.2, 0) is 6.54 Å². The summed E-state index contributed by atoms with van der Waals surface area (Å²) in [6, 6.07) is 15.3. The molecule has 0 unspecified atom stereocenters. The highest BCUT2D eigenvalue weighted by Gasteiger charge is 2.24. The molecule has 1 saturated heterocycles. The summed E-state index contributed by atoms with van der Waals surface area (Å²) in [5.74, 6) is 1.49. The molecule has 9 nitrogen and oxygen atoms in total. The molecule has 4 heterocycles. The van der Waals surface area contributed by atoms with Gasteiger partial charge in [-0.1, -0.05) is 30.3 Å². The number of benzene rings is 1. The summed E-state index contributed by atoms with van der Waals surface area (Å²) in [5.41, 5.74) is 3.15. The van der Waals surface area contributed by atoms with E-state index in [-0.39, 0.29) is 5.91 Å². The molecule has 0 aliphatic carbocycles. The number of hydrogen-bond acceptors (Lipinski definition) is 8. The van der Waals surface area contributed by atoms with E-state index in [4.69, 9.17) is 14.5 Å². The molecule has 0 N–H and O–H groups in total. The fraction of sp³-hybridized carbons (Fsp3) is 0.269. The third kappa shape index (κ3) is 4.90. The second-order valence-electron chi connectivity index (χ2n) is 8.26. The van der Waals surface area contributed by atoms with Crippen LogP contribution in [0.25, 0.3) is 22.0 Å². The minimum Gasteiger partial charge on any atom is -0.481 e. The van der Waals surface area contributed by atoms with Crippen LogP contribution in [0.15, 0.2) is 60.9 Å². The van der Waals surface area contributed by atoms with E-state index < -0.39 is 0 Å². The summed E-state index contributed by atoms with van der Waals surface area (Å²) in [6.45, 7) is 3.17. The first-order valence-electron chi connectivity index (χ1n) is 11.4. The Morgan fingerprint density at radius 2 is 1.60 bits per heavy atom. The van der Waals surface area contributed by atoms with Crippen LogP contribution in [0.4, 0.5) is 0 Å². The van der Waals surface area contributed by atoms with Gasteiger partial charge in [0.2, 0.25) is 11.8 Å². The SMILES string of the molecule is COc1cc(OC)nc(CN2CCN(C(=O)c3ccc4cncc(-c5ccccc5)c4n3)CC2)n1. The number of amides is 1. The topological polar surface area (TPSA) is 93.6 Å². The molecule has 1 aliphatic heterocycles. The van der Waals surface area contributed by atoms with Crippen LogP contribution in [-0.4, -0.2) is 76.0 Å². The zero-order chi connectivity index (χ0) is 24.2. The molecule has 1 aromatic carbocycles. The van der Waals surface area contributed by atoms with Crippen molar-refractivity contribution in [1.82, 2.24) is 29.7 Å². The Morgan fingerprint density at radius 1 is 0.886 bits per heavy atom. The predicted molar refractivity (Wildman–Crippen MR) is 131 cm³/mol. The van der Waals surface area contributed by atoms with Crippen molar-refractivity contribution in [3.05, 3.63) is 72.4 Å². The first-order valence-corrected chi connectivity index (χ1v) is 11.4. The molecule has 0 saturated carbocycles. The second-order valence-corrected chi connectivity index (χ2v) is 8.26. The van der Waals surface area contributed by atoms with Gasteiger partial charge in [0.1, 0.15) is 11.5 Å². The molecule has 5 rings (SSSR count). The number of rotatable bonds is 6. The quantitative estimate of drug-likeness (QED) is 0.425. The zero-order valence-electron chi connectivity index (χ0n) is 19.7. The van der Waals surface area contributed by atoms with E-state index in [2.05, 4.69) is 19.9 Å². The summed E-state index contributed by atoms with van der Waals surface area (Å²) >= 11 is 0. The van der Waals surface area contributed by atoms with Crippen LogP contribution in [0.5, 0.6) is 11.8 Å². The van der Waals surface area contributed by atoms with E-state index >= 15 is 0 Å². The normalized spacial score (nSPS) is 14.2. The highest BCUT2D eigenvalue weighted by molar-refractivity contribution is 5.98. The first-order chi connectivity index (χ1) is 17.1. The number of hydrogen-bond donors (Lipinski definition) is 0. The average molecular weight is 471 g/mol. The van der Waals surface area contributed by atoms with Gasteiger partial charge in [0.05, 0.1) is 32.3 Å². The number of nitrogens with zero attached hydrogens (tertiary/aromatic N) is 6. The number of aromatic nitrogens is 4. The van der Waals surface area contributed by atoms with E-state index in [1.54, 1.807) is 38.7 Å². The van der Waals surface area contributed by atoms with Crippen LogP contribution >= 0.6 is 0 Å². The van der Waals surface area contributed by atoms with E-state index in [0.29, 0.717) is 56.0 Å². The predicted octanol–water partition coefficient (Wildman–Crippen LogP) is 3.06. The molecular formula is C26H26N6O3. The number of piperazine rings is 1. The molecule has 0 bridgehead atoms. The number of pyridine rings is 2. The van der Waals surface area contributed by atoms with Gasteiger partial charge in [0, 0.05) is 49.5 Å². The maximum Gasteiger partial charge on any atom is 0.272 e.